The van der Waals surface area contributed by atoms with E-state index in [9.17, 15) is 4.79 Å². The Bertz CT molecular complexity index is 580. The molecule has 88 valence electrons. The van der Waals surface area contributed by atoms with Crippen molar-refractivity contribution in [3.63, 3.8) is 0 Å². The first-order chi connectivity index (χ1) is 8.20. The Hall–Kier alpha value is -1.46. The number of hydrogen-bond acceptors (Lipinski definition) is 3. The Morgan fingerprint density at radius 1 is 1.35 bits per heavy atom. The Kier molecular flexibility index (Phi) is 3.71. The van der Waals surface area contributed by atoms with Crippen LogP contribution in [-0.2, 0) is 6.42 Å². The van der Waals surface area contributed by atoms with Crippen molar-refractivity contribution in [2.75, 3.05) is 6.54 Å². The van der Waals surface area contributed by atoms with Crippen LogP contribution in [0.1, 0.15) is 5.69 Å². The van der Waals surface area contributed by atoms with Gasteiger partial charge in [-0.3, -0.25) is 4.79 Å². The minimum Gasteiger partial charge on any atom is -0.330 e. The van der Waals surface area contributed by atoms with Gasteiger partial charge in [-0.05, 0) is 12.6 Å². The molecule has 0 radical (unpaired) electrons. The summed E-state index contributed by atoms with van der Waals surface area (Å²) >= 11 is 3.43. The van der Waals surface area contributed by atoms with Crippen LogP contribution in [0.4, 0.5) is 0 Å². The number of aromatic nitrogens is 2. The maximum atomic E-state index is 11.5. The highest BCUT2D eigenvalue weighted by molar-refractivity contribution is 9.10. The van der Waals surface area contributed by atoms with E-state index in [0.717, 1.165) is 10.0 Å². The van der Waals surface area contributed by atoms with Crippen molar-refractivity contribution in [3.05, 3.63) is 50.9 Å². The molecule has 4 nitrogen and oxygen atoms in total. The third-order valence-electron chi connectivity index (χ3n) is 2.32. The summed E-state index contributed by atoms with van der Waals surface area (Å²) in [5, 5.41) is 0. The molecule has 0 aliphatic heterocycles. The summed E-state index contributed by atoms with van der Waals surface area (Å²) in [6.07, 6.45) is 0.599. The van der Waals surface area contributed by atoms with Crippen molar-refractivity contribution >= 4 is 15.9 Å². The van der Waals surface area contributed by atoms with E-state index in [-0.39, 0.29) is 5.56 Å². The molecule has 1 aromatic carbocycles. The number of nitrogens with one attached hydrogen (secondary N) is 1. The van der Waals surface area contributed by atoms with E-state index in [4.69, 9.17) is 5.73 Å². The lowest BCUT2D eigenvalue weighted by molar-refractivity contribution is 0.905. The highest BCUT2D eigenvalue weighted by Gasteiger charge is 2.06. The molecule has 1 heterocycles. The van der Waals surface area contributed by atoms with Crippen LogP contribution in [0, 0.1) is 0 Å². The molecular weight excluding hydrogens is 282 g/mol. The molecule has 3 N–H and O–H groups in total. The molecule has 2 rings (SSSR count). The van der Waals surface area contributed by atoms with Crippen LogP contribution >= 0.6 is 15.9 Å². The van der Waals surface area contributed by atoms with Gasteiger partial charge in [0.25, 0.3) is 5.56 Å². The SMILES string of the molecule is NCCc1cc(=O)[nH]c(-c2ccccc2Br)n1. The average Bonchev–Trinajstić information content (AvgIpc) is 2.29. The topological polar surface area (TPSA) is 71.8 Å². The number of nitrogens with two attached hydrogens (primary N) is 1. The lowest BCUT2D eigenvalue weighted by Crippen LogP contribution is -2.13. The molecule has 0 aliphatic carbocycles. The smallest absolute Gasteiger partial charge is 0.251 e. The molecule has 0 saturated carbocycles. The van der Waals surface area contributed by atoms with Crippen molar-refractivity contribution in [1.82, 2.24) is 9.97 Å². The number of rotatable bonds is 3. The van der Waals surface area contributed by atoms with E-state index < -0.39 is 0 Å². The number of hydrogen-bond donors (Lipinski definition) is 2. The molecule has 5 heteroatoms. The fourth-order valence-electron chi connectivity index (χ4n) is 1.56. The highest BCUT2D eigenvalue weighted by Crippen LogP contribution is 2.24. The van der Waals surface area contributed by atoms with Crippen molar-refractivity contribution in [3.8, 4) is 11.4 Å². The second-order valence-electron chi connectivity index (χ2n) is 3.60. The van der Waals surface area contributed by atoms with Gasteiger partial charge in [-0.1, -0.05) is 34.1 Å². The minimum atomic E-state index is -0.158. The Morgan fingerprint density at radius 2 is 2.12 bits per heavy atom. The summed E-state index contributed by atoms with van der Waals surface area (Å²) < 4.78 is 0.896. The number of halogens is 1. The summed E-state index contributed by atoms with van der Waals surface area (Å²) in [7, 11) is 0. The maximum absolute atomic E-state index is 11.5. The zero-order valence-corrected chi connectivity index (χ0v) is 10.7. The lowest BCUT2D eigenvalue weighted by Gasteiger charge is -2.05. The molecule has 0 spiro atoms. The highest BCUT2D eigenvalue weighted by atomic mass is 79.9. The molecule has 0 bridgehead atoms. The number of H-pyrrole nitrogens is 1. The zero-order chi connectivity index (χ0) is 12.3. The minimum absolute atomic E-state index is 0.158. The predicted octanol–water partition coefficient (Wildman–Crippen LogP) is 1.70. The van der Waals surface area contributed by atoms with Gasteiger partial charge in [0.2, 0.25) is 0 Å². The first-order valence-electron chi connectivity index (χ1n) is 5.26. The van der Waals surface area contributed by atoms with Crippen LogP contribution in [0.25, 0.3) is 11.4 Å². The van der Waals surface area contributed by atoms with Gasteiger partial charge in [0.05, 0.1) is 0 Å². The Morgan fingerprint density at radius 3 is 2.82 bits per heavy atom. The average molecular weight is 294 g/mol. The van der Waals surface area contributed by atoms with Crippen LogP contribution in [0.3, 0.4) is 0 Å². The maximum Gasteiger partial charge on any atom is 0.251 e. The third-order valence-corrected chi connectivity index (χ3v) is 3.02. The first kappa shape index (κ1) is 12.0. The summed E-state index contributed by atoms with van der Waals surface area (Å²) in [5.74, 6) is 0.563. The van der Waals surface area contributed by atoms with E-state index in [1.165, 1.54) is 6.07 Å². The predicted molar refractivity (Wildman–Crippen MR) is 70.8 cm³/mol. The molecule has 0 fully saturated rings. The van der Waals surface area contributed by atoms with Gasteiger partial charge >= 0.3 is 0 Å². The lowest BCUT2D eigenvalue weighted by atomic mass is 10.2. The Labute approximate surface area is 107 Å². The van der Waals surface area contributed by atoms with E-state index in [1.807, 2.05) is 24.3 Å². The molecule has 1 aromatic heterocycles. The summed E-state index contributed by atoms with van der Waals surface area (Å²) in [4.78, 5) is 18.6. The zero-order valence-electron chi connectivity index (χ0n) is 9.11. The fourth-order valence-corrected chi connectivity index (χ4v) is 2.04. The normalized spacial score (nSPS) is 10.5. The molecule has 0 atom stereocenters. The van der Waals surface area contributed by atoms with Gasteiger partial charge in [0.15, 0.2) is 0 Å². The third kappa shape index (κ3) is 2.81. The van der Waals surface area contributed by atoms with Crippen molar-refractivity contribution in [1.29, 1.82) is 0 Å². The van der Waals surface area contributed by atoms with E-state index in [2.05, 4.69) is 25.9 Å². The summed E-state index contributed by atoms with van der Waals surface area (Å²) in [6, 6.07) is 9.10. The monoisotopic (exact) mass is 293 g/mol. The number of nitrogens with zero attached hydrogens (tertiary/aromatic N) is 1. The molecule has 17 heavy (non-hydrogen) atoms. The molecule has 2 aromatic rings. The van der Waals surface area contributed by atoms with Crippen LogP contribution < -0.4 is 11.3 Å². The van der Waals surface area contributed by atoms with Gasteiger partial charge in [0.1, 0.15) is 5.82 Å². The van der Waals surface area contributed by atoms with Gasteiger partial charge in [0, 0.05) is 28.2 Å². The molecule has 0 unspecified atom stereocenters. The number of benzene rings is 1. The van der Waals surface area contributed by atoms with Gasteiger partial charge < -0.3 is 10.7 Å². The summed E-state index contributed by atoms with van der Waals surface area (Å²) in [5.41, 5.74) is 6.88. The quantitative estimate of drug-likeness (QED) is 0.905. The fraction of sp³-hybridized carbons (Fsp3) is 0.167. The summed E-state index contributed by atoms with van der Waals surface area (Å²) in [6.45, 7) is 0.478. The van der Waals surface area contributed by atoms with Crippen LogP contribution in [0.2, 0.25) is 0 Å². The Balaban J connectivity index is 2.52. The van der Waals surface area contributed by atoms with Crippen molar-refractivity contribution < 1.29 is 0 Å². The van der Waals surface area contributed by atoms with Crippen LogP contribution in [-0.4, -0.2) is 16.5 Å². The molecule has 0 amide bonds. The van der Waals surface area contributed by atoms with E-state index in [0.29, 0.717) is 24.5 Å². The van der Waals surface area contributed by atoms with Crippen molar-refractivity contribution in [2.45, 2.75) is 6.42 Å². The largest absolute Gasteiger partial charge is 0.330 e. The van der Waals surface area contributed by atoms with Gasteiger partial charge in [-0.25, -0.2) is 4.98 Å². The second kappa shape index (κ2) is 5.25. The number of aromatic amines is 1. The van der Waals surface area contributed by atoms with E-state index >= 15 is 0 Å². The standard InChI is InChI=1S/C12H12BrN3O/c13-10-4-2-1-3-9(10)12-15-8(5-6-14)7-11(17)16-12/h1-4,7H,5-6,14H2,(H,15,16,17). The molecule has 0 aliphatic rings. The van der Waals surface area contributed by atoms with Crippen molar-refractivity contribution in [2.24, 2.45) is 5.73 Å². The van der Waals surface area contributed by atoms with Gasteiger partial charge in [-0.2, -0.15) is 0 Å². The molecule has 0 saturated heterocycles. The van der Waals surface area contributed by atoms with Crippen LogP contribution in [0.15, 0.2) is 39.6 Å². The van der Waals surface area contributed by atoms with Crippen LogP contribution in [0.5, 0.6) is 0 Å². The second-order valence-corrected chi connectivity index (χ2v) is 4.46. The molecular formula is C12H12BrN3O. The van der Waals surface area contributed by atoms with Gasteiger partial charge in [-0.15, -0.1) is 0 Å². The van der Waals surface area contributed by atoms with E-state index in [1.54, 1.807) is 0 Å². The first-order valence-corrected chi connectivity index (χ1v) is 6.05.